The SMILES string of the molecule is Cl.O=C1CCN([C@H]2CC[C@@H](CN3CCNCC3)O2)C(=O)N1. The first-order valence-electron chi connectivity index (χ1n) is 7.41. The lowest BCUT2D eigenvalue weighted by molar-refractivity contribution is -0.123. The second kappa shape index (κ2) is 7.40. The van der Waals surface area contributed by atoms with E-state index < -0.39 is 0 Å². The summed E-state index contributed by atoms with van der Waals surface area (Å²) in [5.74, 6) is -0.193. The quantitative estimate of drug-likeness (QED) is 0.751. The molecule has 3 heterocycles. The van der Waals surface area contributed by atoms with Crippen molar-refractivity contribution in [1.29, 1.82) is 0 Å². The Morgan fingerprint density at radius 2 is 1.90 bits per heavy atom. The number of nitrogens with one attached hydrogen (secondary N) is 2. The van der Waals surface area contributed by atoms with Crippen molar-refractivity contribution in [2.75, 3.05) is 39.3 Å². The average Bonchev–Trinajstić information content (AvgIpc) is 2.88. The van der Waals surface area contributed by atoms with Gasteiger partial charge in [0.05, 0.1) is 6.10 Å². The third-order valence-corrected chi connectivity index (χ3v) is 4.19. The summed E-state index contributed by atoms with van der Waals surface area (Å²) in [6.45, 7) is 5.59. The van der Waals surface area contributed by atoms with E-state index >= 15 is 0 Å². The molecule has 0 spiro atoms. The van der Waals surface area contributed by atoms with Gasteiger partial charge in [-0.15, -0.1) is 12.4 Å². The van der Waals surface area contributed by atoms with E-state index in [4.69, 9.17) is 4.74 Å². The Morgan fingerprint density at radius 3 is 2.62 bits per heavy atom. The number of hydrogen-bond acceptors (Lipinski definition) is 5. The molecule has 3 amide bonds. The molecular weight excluding hydrogens is 296 g/mol. The van der Waals surface area contributed by atoms with E-state index in [9.17, 15) is 9.59 Å². The zero-order valence-corrected chi connectivity index (χ0v) is 12.9. The highest BCUT2D eigenvalue weighted by molar-refractivity contribution is 5.96. The lowest BCUT2D eigenvalue weighted by Crippen LogP contribution is -2.53. The van der Waals surface area contributed by atoms with Crippen LogP contribution in [0.1, 0.15) is 19.3 Å². The number of hydrogen-bond donors (Lipinski definition) is 2. The van der Waals surface area contributed by atoms with Gasteiger partial charge in [-0.05, 0) is 12.8 Å². The fraction of sp³-hybridized carbons (Fsp3) is 0.846. The largest absolute Gasteiger partial charge is 0.354 e. The van der Waals surface area contributed by atoms with Crippen LogP contribution in [0.15, 0.2) is 0 Å². The molecule has 8 heteroatoms. The van der Waals surface area contributed by atoms with E-state index in [0.29, 0.717) is 13.0 Å². The van der Waals surface area contributed by atoms with Crippen LogP contribution in [0.3, 0.4) is 0 Å². The average molecular weight is 319 g/mol. The molecule has 21 heavy (non-hydrogen) atoms. The highest BCUT2D eigenvalue weighted by atomic mass is 35.5. The van der Waals surface area contributed by atoms with Gasteiger partial charge >= 0.3 is 6.03 Å². The van der Waals surface area contributed by atoms with Crippen LogP contribution in [0.25, 0.3) is 0 Å². The predicted octanol–water partition coefficient (Wildman–Crippen LogP) is -0.240. The summed E-state index contributed by atoms with van der Waals surface area (Å²) in [5, 5.41) is 5.69. The number of piperazine rings is 1. The smallest absolute Gasteiger partial charge is 0.326 e. The minimum atomic E-state index is -0.311. The highest BCUT2D eigenvalue weighted by Crippen LogP contribution is 2.24. The van der Waals surface area contributed by atoms with Crippen LogP contribution >= 0.6 is 12.4 Å². The molecule has 3 rings (SSSR count). The molecule has 120 valence electrons. The van der Waals surface area contributed by atoms with Gasteiger partial charge in [0, 0.05) is 45.7 Å². The summed E-state index contributed by atoms with van der Waals surface area (Å²) in [6.07, 6.45) is 2.23. The third-order valence-electron chi connectivity index (χ3n) is 4.19. The number of imide groups is 1. The summed E-state index contributed by atoms with van der Waals surface area (Å²) >= 11 is 0. The van der Waals surface area contributed by atoms with Gasteiger partial charge in [0.25, 0.3) is 0 Å². The zero-order chi connectivity index (χ0) is 13.9. The minimum Gasteiger partial charge on any atom is -0.354 e. The Bertz CT molecular complexity index is 390. The van der Waals surface area contributed by atoms with Gasteiger partial charge in [-0.3, -0.25) is 19.9 Å². The molecule has 3 fully saturated rings. The molecule has 0 aromatic rings. The molecule has 3 saturated heterocycles. The second-order valence-corrected chi connectivity index (χ2v) is 5.64. The van der Waals surface area contributed by atoms with E-state index in [0.717, 1.165) is 45.6 Å². The number of ether oxygens (including phenoxy) is 1. The Balaban J connectivity index is 0.00000161. The Labute approximate surface area is 130 Å². The summed E-state index contributed by atoms with van der Waals surface area (Å²) in [5.41, 5.74) is 0. The third kappa shape index (κ3) is 4.06. The molecule has 0 unspecified atom stereocenters. The first kappa shape index (κ1) is 16.5. The molecule has 2 atom stereocenters. The van der Waals surface area contributed by atoms with Crippen LogP contribution in [0.5, 0.6) is 0 Å². The fourth-order valence-corrected chi connectivity index (χ4v) is 3.08. The van der Waals surface area contributed by atoms with E-state index in [1.54, 1.807) is 4.90 Å². The molecule has 0 bridgehead atoms. The normalized spacial score (nSPS) is 31.0. The zero-order valence-electron chi connectivity index (χ0n) is 12.0. The van der Waals surface area contributed by atoms with E-state index in [1.165, 1.54) is 0 Å². The number of amides is 3. The van der Waals surface area contributed by atoms with Crippen molar-refractivity contribution in [3.05, 3.63) is 0 Å². The highest BCUT2D eigenvalue weighted by Gasteiger charge is 2.36. The van der Waals surface area contributed by atoms with Crippen LogP contribution in [-0.2, 0) is 9.53 Å². The van der Waals surface area contributed by atoms with Gasteiger partial charge < -0.3 is 10.1 Å². The molecule has 0 aromatic carbocycles. The number of urea groups is 1. The first-order valence-corrected chi connectivity index (χ1v) is 7.41. The summed E-state index contributed by atoms with van der Waals surface area (Å²) in [4.78, 5) is 27.0. The maximum Gasteiger partial charge on any atom is 0.326 e. The molecule has 0 saturated carbocycles. The molecular formula is C13H23ClN4O3. The Kier molecular flexibility index (Phi) is 5.80. The van der Waals surface area contributed by atoms with Crippen molar-refractivity contribution >= 4 is 24.3 Å². The van der Waals surface area contributed by atoms with Crippen molar-refractivity contribution < 1.29 is 14.3 Å². The lowest BCUT2D eigenvalue weighted by atomic mass is 10.2. The maximum absolute atomic E-state index is 11.8. The van der Waals surface area contributed by atoms with Crippen LogP contribution in [-0.4, -0.2) is 73.3 Å². The second-order valence-electron chi connectivity index (χ2n) is 5.64. The number of carbonyl (C=O) groups excluding carboxylic acids is 2. The monoisotopic (exact) mass is 318 g/mol. The van der Waals surface area contributed by atoms with Crippen molar-refractivity contribution in [3.8, 4) is 0 Å². The standard InChI is InChI=1S/C13H22N4O3.ClH/c18-11-3-6-17(13(19)15-11)12-2-1-10(20-12)9-16-7-4-14-5-8-16;/h10,12,14H,1-9H2,(H,15,18,19);1H/t10-,12+;/m0./s1. The molecule has 0 aliphatic carbocycles. The van der Waals surface area contributed by atoms with Crippen LogP contribution in [0, 0.1) is 0 Å². The number of nitrogens with zero attached hydrogens (tertiary/aromatic N) is 2. The molecule has 2 N–H and O–H groups in total. The van der Waals surface area contributed by atoms with Gasteiger partial charge in [-0.1, -0.05) is 0 Å². The fourth-order valence-electron chi connectivity index (χ4n) is 3.08. The predicted molar refractivity (Wildman–Crippen MR) is 79.3 cm³/mol. The van der Waals surface area contributed by atoms with Gasteiger partial charge in [-0.25, -0.2) is 4.79 Å². The van der Waals surface area contributed by atoms with Gasteiger partial charge in [0.2, 0.25) is 5.91 Å². The van der Waals surface area contributed by atoms with Crippen LogP contribution in [0.2, 0.25) is 0 Å². The molecule has 3 aliphatic heterocycles. The molecule has 7 nitrogen and oxygen atoms in total. The van der Waals surface area contributed by atoms with E-state index in [-0.39, 0.29) is 36.7 Å². The van der Waals surface area contributed by atoms with Crippen LogP contribution in [0.4, 0.5) is 4.79 Å². The minimum absolute atomic E-state index is 0. The van der Waals surface area contributed by atoms with Crippen LogP contribution < -0.4 is 10.6 Å². The van der Waals surface area contributed by atoms with Crippen molar-refractivity contribution in [2.45, 2.75) is 31.6 Å². The Hall–Kier alpha value is -0.890. The van der Waals surface area contributed by atoms with E-state index in [2.05, 4.69) is 15.5 Å². The van der Waals surface area contributed by atoms with Crippen molar-refractivity contribution in [1.82, 2.24) is 20.4 Å². The number of halogens is 1. The summed E-state index contributed by atoms with van der Waals surface area (Å²) < 4.78 is 6.00. The summed E-state index contributed by atoms with van der Waals surface area (Å²) in [6, 6.07) is -0.311. The van der Waals surface area contributed by atoms with Crippen molar-refractivity contribution in [3.63, 3.8) is 0 Å². The number of rotatable bonds is 3. The van der Waals surface area contributed by atoms with Crippen molar-refractivity contribution in [2.24, 2.45) is 0 Å². The van der Waals surface area contributed by atoms with Gasteiger partial charge in [-0.2, -0.15) is 0 Å². The first-order chi connectivity index (χ1) is 9.72. The molecule has 3 aliphatic rings. The summed E-state index contributed by atoms with van der Waals surface area (Å²) in [7, 11) is 0. The van der Waals surface area contributed by atoms with E-state index in [1.807, 2.05) is 0 Å². The van der Waals surface area contributed by atoms with Gasteiger partial charge in [0.1, 0.15) is 6.23 Å². The van der Waals surface area contributed by atoms with Gasteiger partial charge in [0.15, 0.2) is 0 Å². The lowest BCUT2D eigenvalue weighted by Gasteiger charge is -2.33. The topological polar surface area (TPSA) is 73.9 Å². The number of carbonyl (C=O) groups is 2. The molecule has 0 aromatic heterocycles. The maximum atomic E-state index is 11.8. The molecule has 0 radical (unpaired) electrons. The Morgan fingerprint density at radius 1 is 1.14 bits per heavy atom.